The van der Waals surface area contributed by atoms with Crippen LogP contribution >= 0.6 is 23.4 Å². The van der Waals surface area contributed by atoms with E-state index >= 15 is 0 Å². The molecule has 0 aliphatic heterocycles. The van der Waals surface area contributed by atoms with Gasteiger partial charge in [0.1, 0.15) is 5.25 Å². The summed E-state index contributed by atoms with van der Waals surface area (Å²) in [6.07, 6.45) is 0. The minimum Gasteiger partial charge on any atom is -0.455 e. The Morgan fingerprint density at radius 3 is 2.58 bits per heavy atom. The van der Waals surface area contributed by atoms with E-state index in [0.29, 0.717) is 10.7 Å². The Balaban J connectivity index is 1.81. The van der Waals surface area contributed by atoms with E-state index in [2.05, 4.69) is 5.32 Å². The van der Waals surface area contributed by atoms with Gasteiger partial charge < -0.3 is 10.1 Å². The minimum atomic E-state index is -0.424. The van der Waals surface area contributed by atoms with Gasteiger partial charge in [0.25, 0.3) is 5.91 Å². The zero-order chi connectivity index (χ0) is 17.5. The first-order chi connectivity index (χ1) is 11.5. The number of rotatable bonds is 6. The monoisotopic (exact) mass is 363 g/mol. The molecule has 0 aliphatic rings. The summed E-state index contributed by atoms with van der Waals surface area (Å²) in [5.74, 6) is -0.808. The summed E-state index contributed by atoms with van der Waals surface area (Å²) in [7, 11) is 0. The topological polar surface area (TPSA) is 55.4 Å². The molecule has 0 spiro atoms. The van der Waals surface area contributed by atoms with Gasteiger partial charge in [-0.15, -0.1) is 11.8 Å². The minimum absolute atomic E-state index is 0.319. The Labute approximate surface area is 150 Å². The lowest BCUT2D eigenvalue weighted by Crippen LogP contribution is -2.25. The molecule has 2 aromatic carbocycles. The molecule has 0 bridgehead atoms. The Bertz CT molecular complexity index is 721. The maximum Gasteiger partial charge on any atom is 0.319 e. The summed E-state index contributed by atoms with van der Waals surface area (Å²) in [5, 5.41) is 2.91. The van der Waals surface area contributed by atoms with Crippen LogP contribution in [0.4, 0.5) is 5.69 Å². The van der Waals surface area contributed by atoms with Gasteiger partial charge in [-0.05, 0) is 49.7 Å². The van der Waals surface area contributed by atoms with Gasteiger partial charge in [-0.2, -0.15) is 0 Å². The summed E-state index contributed by atoms with van der Waals surface area (Å²) in [6, 6.07) is 14.7. The highest BCUT2D eigenvalue weighted by atomic mass is 35.5. The SMILES string of the molecule is Cc1cc(Cl)ccc1NC(=O)COC(=O)[C@@H](C)Sc1ccccc1. The number of carbonyl (C=O) groups excluding carboxylic acids is 2. The summed E-state index contributed by atoms with van der Waals surface area (Å²) in [4.78, 5) is 24.9. The Hall–Kier alpha value is -1.98. The average Bonchev–Trinajstić information content (AvgIpc) is 2.56. The predicted octanol–water partition coefficient (Wildman–Crippen LogP) is 4.31. The van der Waals surface area contributed by atoms with Crippen LogP contribution < -0.4 is 5.32 Å². The van der Waals surface area contributed by atoms with Crippen LogP contribution in [0.5, 0.6) is 0 Å². The second-order valence-electron chi connectivity index (χ2n) is 5.19. The van der Waals surface area contributed by atoms with Crippen molar-refractivity contribution in [1.82, 2.24) is 0 Å². The second kappa shape index (κ2) is 8.76. The van der Waals surface area contributed by atoms with Crippen molar-refractivity contribution in [2.45, 2.75) is 24.0 Å². The molecule has 4 nitrogen and oxygen atoms in total. The number of aryl methyl sites for hydroxylation is 1. The van der Waals surface area contributed by atoms with Gasteiger partial charge in [0.05, 0.1) is 0 Å². The summed E-state index contributed by atoms with van der Waals surface area (Å²) < 4.78 is 5.08. The molecule has 0 saturated carbocycles. The number of esters is 1. The number of amides is 1. The van der Waals surface area contributed by atoms with E-state index in [1.54, 1.807) is 25.1 Å². The van der Waals surface area contributed by atoms with Crippen molar-refractivity contribution in [1.29, 1.82) is 0 Å². The zero-order valence-electron chi connectivity index (χ0n) is 13.4. The highest BCUT2D eigenvalue weighted by Gasteiger charge is 2.17. The molecule has 0 radical (unpaired) electrons. The Morgan fingerprint density at radius 1 is 1.21 bits per heavy atom. The van der Waals surface area contributed by atoms with Crippen LogP contribution in [0.2, 0.25) is 5.02 Å². The molecular formula is C18H18ClNO3S. The molecule has 1 N–H and O–H groups in total. The molecule has 0 aromatic heterocycles. The van der Waals surface area contributed by atoms with Crippen molar-refractivity contribution >= 4 is 40.9 Å². The largest absolute Gasteiger partial charge is 0.455 e. The van der Waals surface area contributed by atoms with E-state index in [1.165, 1.54) is 11.8 Å². The van der Waals surface area contributed by atoms with Gasteiger partial charge in [-0.25, -0.2) is 0 Å². The number of hydrogen-bond donors (Lipinski definition) is 1. The molecule has 126 valence electrons. The van der Waals surface area contributed by atoms with E-state index < -0.39 is 11.2 Å². The van der Waals surface area contributed by atoms with Crippen molar-refractivity contribution in [2.24, 2.45) is 0 Å². The number of halogens is 1. The first kappa shape index (κ1) is 18.4. The lowest BCUT2D eigenvalue weighted by molar-refractivity contribution is -0.146. The number of anilines is 1. The van der Waals surface area contributed by atoms with Gasteiger partial charge in [-0.1, -0.05) is 29.8 Å². The van der Waals surface area contributed by atoms with E-state index in [9.17, 15) is 9.59 Å². The number of ether oxygens (including phenoxy) is 1. The Kier molecular flexibility index (Phi) is 6.70. The van der Waals surface area contributed by atoms with Gasteiger partial charge in [0, 0.05) is 15.6 Å². The van der Waals surface area contributed by atoms with E-state index in [0.717, 1.165) is 10.5 Å². The Morgan fingerprint density at radius 2 is 1.92 bits per heavy atom. The molecule has 2 rings (SSSR count). The summed E-state index contributed by atoms with van der Waals surface area (Å²) in [5.41, 5.74) is 1.49. The summed E-state index contributed by atoms with van der Waals surface area (Å²) in [6.45, 7) is 3.27. The highest BCUT2D eigenvalue weighted by molar-refractivity contribution is 8.00. The molecule has 24 heavy (non-hydrogen) atoms. The number of carbonyl (C=O) groups is 2. The lowest BCUT2D eigenvalue weighted by Gasteiger charge is -2.12. The molecule has 2 aromatic rings. The molecule has 0 unspecified atom stereocenters. The van der Waals surface area contributed by atoms with Crippen LogP contribution in [0.15, 0.2) is 53.4 Å². The fraction of sp³-hybridized carbons (Fsp3) is 0.222. The third-order valence-electron chi connectivity index (χ3n) is 3.20. The maximum absolute atomic E-state index is 12.0. The normalized spacial score (nSPS) is 11.6. The first-order valence-electron chi connectivity index (χ1n) is 7.40. The molecular weight excluding hydrogens is 346 g/mol. The van der Waals surface area contributed by atoms with Crippen LogP contribution in [0.25, 0.3) is 0 Å². The van der Waals surface area contributed by atoms with Gasteiger partial charge in [0.2, 0.25) is 0 Å². The number of hydrogen-bond acceptors (Lipinski definition) is 4. The highest BCUT2D eigenvalue weighted by Crippen LogP contribution is 2.23. The van der Waals surface area contributed by atoms with E-state index in [4.69, 9.17) is 16.3 Å². The fourth-order valence-corrected chi connectivity index (χ4v) is 3.07. The maximum atomic E-state index is 12.0. The molecule has 0 heterocycles. The third-order valence-corrected chi connectivity index (χ3v) is 4.52. The van der Waals surface area contributed by atoms with Crippen LogP contribution in [0.1, 0.15) is 12.5 Å². The fourth-order valence-electron chi connectivity index (χ4n) is 1.96. The zero-order valence-corrected chi connectivity index (χ0v) is 15.0. The summed E-state index contributed by atoms with van der Waals surface area (Å²) >= 11 is 7.26. The first-order valence-corrected chi connectivity index (χ1v) is 8.66. The number of nitrogens with one attached hydrogen (secondary N) is 1. The van der Waals surface area contributed by atoms with E-state index in [1.807, 2.05) is 37.3 Å². The number of thioether (sulfide) groups is 1. The molecule has 1 amide bonds. The molecule has 1 atom stereocenters. The van der Waals surface area contributed by atoms with Crippen molar-refractivity contribution in [2.75, 3.05) is 11.9 Å². The van der Waals surface area contributed by atoms with Crippen molar-refractivity contribution < 1.29 is 14.3 Å². The second-order valence-corrected chi connectivity index (χ2v) is 7.04. The molecule has 0 fully saturated rings. The van der Waals surface area contributed by atoms with Crippen LogP contribution in [-0.4, -0.2) is 23.7 Å². The van der Waals surface area contributed by atoms with Crippen LogP contribution in [-0.2, 0) is 14.3 Å². The van der Waals surface area contributed by atoms with Crippen LogP contribution in [0, 0.1) is 6.92 Å². The van der Waals surface area contributed by atoms with Gasteiger partial charge in [0.15, 0.2) is 6.61 Å². The third kappa shape index (κ3) is 5.58. The van der Waals surface area contributed by atoms with E-state index in [-0.39, 0.29) is 12.5 Å². The van der Waals surface area contributed by atoms with Crippen LogP contribution in [0.3, 0.4) is 0 Å². The molecule has 0 saturated heterocycles. The van der Waals surface area contributed by atoms with Crippen molar-refractivity contribution in [3.8, 4) is 0 Å². The van der Waals surface area contributed by atoms with Crippen molar-refractivity contribution in [3.05, 3.63) is 59.1 Å². The van der Waals surface area contributed by atoms with Gasteiger partial charge >= 0.3 is 5.97 Å². The quantitative estimate of drug-likeness (QED) is 0.613. The number of benzene rings is 2. The van der Waals surface area contributed by atoms with Gasteiger partial charge in [-0.3, -0.25) is 9.59 Å². The smallest absolute Gasteiger partial charge is 0.319 e. The predicted molar refractivity (Wildman–Crippen MR) is 97.5 cm³/mol. The standard InChI is InChI=1S/C18H18ClNO3S/c1-12-10-14(19)8-9-16(12)20-17(21)11-23-18(22)13(2)24-15-6-4-3-5-7-15/h3-10,13H,11H2,1-2H3,(H,20,21)/t13-/m1/s1. The van der Waals surface area contributed by atoms with Crippen molar-refractivity contribution in [3.63, 3.8) is 0 Å². The molecule has 0 aliphatic carbocycles. The lowest BCUT2D eigenvalue weighted by atomic mass is 10.2. The average molecular weight is 364 g/mol. The molecule has 6 heteroatoms.